The zero-order chi connectivity index (χ0) is 56.7. The van der Waals surface area contributed by atoms with Crippen LogP contribution < -0.4 is 32.3 Å². The number of ether oxygens (including phenoxy) is 5. The summed E-state index contributed by atoms with van der Waals surface area (Å²) in [5.74, 6) is 0.788. The molecule has 80 heavy (non-hydrogen) atoms. The molecule has 10 rings (SSSR count). The average molecular weight is 1190 g/mol. The molecule has 440 valence electrons. The van der Waals surface area contributed by atoms with Gasteiger partial charge in [-0.05, 0) is 76.3 Å². The number of nitrogens with two attached hydrogens (primary N) is 2. The van der Waals surface area contributed by atoms with Crippen molar-refractivity contribution < 1.29 is 84.1 Å². The number of esters is 1. The summed E-state index contributed by atoms with van der Waals surface area (Å²) in [4.78, 5) is 39.6. The van der Waals surface area contributed by atoms with E-state index in [0.717, 1.165) is 0 Å². The zero-order valence-corrected chi connectivity index (χ0v) is 47.3. The number of rotatable bonds is 14. The van der Waals surface area contributed by atoms with E-state index in [1.54, 1.807) is 12.3 Å². The largest absolute Gasteiger partial charge is 0.477 e. The highest BCUT2D eigenvalue weighted by Crippen LogP contribution is 2.62. The van der Waals surface area contributed by atoms with Crippen LogP contribution in [0.3, 0.4) is 0 Å². The zero-order valence-electron chi connectivity index (χ0n) is 44.1. The van der Waals surface area contributed by atoms with E-state index in [-0.39, 0.29) is 73.3 Å². The molecule has 0 radical (unpaired) electrons. The van der Waals surface area contributed by atoms with Crippen LogP contribution in [0.4, 0.5) is 0 Å². The second-order valence-electron chi connectivity index (χ2n) is 22.2. The van der Waals surface area contributed by atoms with Crippen molar-refractivity contribution in [2.24, 2.45) is 50.5 Å². The Hall–Kier alpha value is -3.58. The second-order valence-corrected chi connectivity index (χ2v) is 27.4. The first-order valence-electron chi connectivity index (χ1n) is 27.1. The first kappa shape index (κ1) is 59.6. The van der Waals surface area contributed by atoms with Gasteiger partial charge in [-0.2, -0.15) is 0 Å². The highest BCUT2D eigenvalue weighted by atomic mass is 33.1. The number of fused-ring (bicyclic) bond motifs is 5. The van der Waals surface area contributed by atoms with E-state index in [2.05, 4.69) is 32.8 Å². The van der Waals surface area contributed by atoms with Crippen molar-refractivity contribution >= 4 is 67.0 Å². The maximum Gasteiger partial charge on any atom is 0.343 e. The van der Waals surface area contributed by atoms with Crippen LogP contribution in [-0.2, 0) is 33.3 Å². The molecule has 0 aromatic rings. The first-order valence-corrected chi connectivity index (χ1v) is 31.8. The van der Waals surface area contributed by atoms with Gasteiger partial charge in [0, 0.05) is 59.8 Å². The number of carboxylic acid groups (broad SMARTS) is 1. The average Bonchev–Trinajstić information content (AvgIpc) is 4.14. The quantitative estimate of drug-likeness (QED) is 0.0122. The number of aliphatic carboxylic acids is 1. The van der Waals surface area contributed by atoms with E-state index in [1.165, 1.54) is 56.5 Å². The summed E-state index contributed by atoms with van der Waals surface area (Å²) < 4.78 is 31.7. The molecule has 7 aliphatic heterocycles. The summed E-state index contributed by atoms with van der Waals surface area (Å²) >= 11 is 0. The van der Waals surface area contributed by atoms with Crippen LogP contribution in [0, 0.1) is 40.9 Å². The van der Waals surface area contributed by atoms with Gasteiger partial charge in [-0.15, -0.1) is 0 Å². The van der Waals surface area contributed by atoms with Crippen molar-refractivity contribution in [1.29, 1.82) is 0 Å². The van der Waals surface area contributed by atoms with Crippen molar-refractivity contribution in [3.05, 3.63) is 58.7 Å². The smallest absolute Gasteiger partial charge is 0.343 e. The number of aliphatic hydroxyl groups excluding tert-OH is 6. The number of carbonyl (C=O) groups is 2. The number of likely N-dealkylation sites (N-methyl/N-ethyl adjacent to an activating group) is 1. The molecular formula is C52H73N8O16S4+. The molecule has 0 amide bonds. The lowest BCUT2D eigenvalue weighted by atomic mass is 9.58. The normalized spacial score (nSPS) is 40.6. The van der Waals surface area contributed by atoms with Gasteiger partial charge in [0.1, 0.15) is 53.6 Å². The number of quaternary nitrogens is 1. The van der Waals surface area contributed by atoms with E-state index < -0.39 is 126 Å². The summed E-state index contributed by atoms with van der Waals surface area (Å²) in [6, 6.07) is -1.14. The van der Waals surface area contributed by atoms with Crippen molar-refractivity contribution in [3.63, 3.8) is 0 Å². The lowest BCUT2D eigenvalue weighted by Crippen LogP contribution is -3.14. The Morgan fingerprint density at radius 3 is 2.67 bits per heavy atom. The fraction of sp³-hybridized carbons (Fsp3) is 0.692. The molecule has 17 N–H and O–H groups in total. The van der Waals surface area contributed by atoms with Crippen molar-refractivity contribution in [2.45, 2.75) is 128 Å². The highest BCUT2D eigenvalue weighted by molar-refractivity contribution is 8.79. The number of guanidine groups is 2. The van der Waals surface area contributed by atoms with Gasteiger partial charge in [-0.3, -0.25) is 15.2 Å². The fourth-order valence-corrected chi connectivity index (χ4v) is 20.7. The van der Waals surface area contributed by atoms with Crippen molar-refractivity contribution in [3.8, 4) is 11.8 Å². The van der Waals surface area contributed by atoms with E-state index in [0.29, 0.717) is 72.5 Å². The predicted molar refractivity (Wildman–Crippen MR) is 297 cm³/mol. The van der Waals surface area contributed by atoms with Gasteiger partial charge < -0.3 is 91.7 Å². The van der Waals surface area contributed by atoms with Crippen LogP contribution in [0.1, 0.15) is 51.4 Å². The number of aliphatic imine (C=N–C) groups is 2. The van der Waals surface area contributed by atoms with Crippen LogP contribution in [-0.4, -0.2) is 211 Å². The Bertz CT molecular complexity index is 2650. The summed E-state index contributed by atoms with van der Waals surface area (Å²) in [6.07, 6.45) is 0.811. The van der Waals surface area contributed by atoms with Gasteiger partial charge in [0.15, 0.2) is 24.3 Å². The summed E-state index contributed by atoms with van der Waals surface area (Å²) in [5, 5.41) is 108. The molecule has 0 aromatic carbocycles. The molecule has 1 spiro atoms. The Morgan fingerprint density at radius 2 is 1.94 bits per heavy atom. The molecule has 3 fully saturated rings. The standard InChI is InChI=1S/C52H72N8O16S4/c1-55-37(23-65)75-41-45(74-36(22-64)40(66)52(41,70)71)76-46-51-8-2-13-77-80-50(17-30-16-49(59-48(54)57-30)9-7-29(51)15-49)10-6-26-14-28-18-60(19-31(43(67)68)39(28)58-47(53)56-11-3-12-61)34(21-63)42(50)79-78-25-33-27(20-62)4-5-35(33)73-44(69)32(24-72-46)38(26)51/h2,8,14,19,24,27,29-30,33-38,40-42,45-46,55,61-66,70-71H,3-5,7,9,11-13,15-18,20-23,25H2,1H3,(H,67,68)(H3,53,56,58)(H3,54,57,59)/p+1. The molecule has 28 heteroatoms. The number of allylic oxidation sites excluding steroid dienone is 1. The molecule has 2 saturated carbocycles. The number of nitrogens with zero attached hydrogens (tertiary/aromatic N) is 2. The Morgan fingerprint density at radius 1 is 1.11 bits per heavy atom. The number of hydrogen-bond acceptors (Lipinski definition) is 24. The molecule has 24 nitrogen and oxygen atoms in total. The molecule has 7 heterocycles. The topological polar surface area (TPSA) is 380 Å². The molecular weight excluding hydrogens is 1120 g/mol. The van der Waals surface area contributed by atoms with Gasteiger partial charge in [0.25, 0.3) is 0 Å². The van der Waals surface area contributed by atoms with Gasteiger partial charge in [0.2, 0.25) is 12.1 Å². The van der Waals surface area contributed by atoms with Crippen LogP contribution in [0.15, 0.2) is 68.7 Å². The van der Waals surface area contributed by atoms with Gasteiger partial charge in [-0.1, -0.05) is 67.2 Å². The third kappa shape index (κ3) is 11.2. The Labute approximate surface area is 478 Å². The third-order valence-electron chi connectivity index (χ3n) is 17.5. The molecule has 18 atom stereocenters. The lowest BCUT2D eigenvalue weighted by Gasteiger charge is -2.53. The van der Waals surface area contributed by atoms with Crippen LogP contribution >= 0.6 is 43.2 Å². The van der Waals surface area contributed by atoms with Crippen molar-refractivity contribution in [1.82, 2.24) is 16.0 Å². The first-order chi connectivity index (χ1) is 38.5. The van der Waals surface area contributed by atoms with Gasteiger partial charge >= 0.3 is 11.9 Å². The monoisotopic (exact) mass is 1190 g/mol. The van der Waals surface area contributed by atoms with E-state index in [9.17, 15) is 50.8 Å². The SMILES string of the molecule is CNC(CO)OC1C(OC2OC=C3C(=O)OC4CCC(CO)C4CSSC4C(CO)[NH+]5C=C(C(=O)O)C(NC(N)=NCCCO)=C(C=C6C#CC47CC4CC8(CCC(C8)C2(C=CCSS7)C63)NC(N)=N4)C5)OC(CO)C(O)C1(O)O. The summed E-state index contributed by atoms with van der Waals surface area (Å²) in [7, 11) is 7.58. The molecule has 10 aliphatic rings. The number of aliphatic hydroxyl groups is 8. The van der Waals surface area contributed by atoms with Gasteiger partial charge in [-0.25, -0.2) is 14.6 Å². The minimum Gasteiger partial charge on any atom is -0.477 e. The lowest BCUT2D eigenvalue weighted by molar-refractivity contribution is -0.870. The van der Waals surface area contributed by atoms with E-state index in [1.807, 2.05) is 12.2 Å². The number of carbonyl (C=O) groups excluding carboxylic acids is 1. The minimum absolute atomic E-state index is 0.0188. The van der Waals surface area contributed by atoms with E-state index >= 15 is 4.79 Å². The van der Waals surface area contributed by atoms with Gasteiger partial charge in [0.05, 0.1) is 54.1 Å². The summed E-state index contributed by atoms with van der Waals surface area (Å²) in [5.41, 5.74) is 11.6. The molecule has 0 aromatic heterocycles. The molecule has 18 unspecified atom stereocenters. The Kier molecular flexibility index (Phi) is 18.3. The van der Waals surface area contributed by atoms with Crippen LogP contribution in [0.2, 0.25) is 0 Å². The predicted octanol–water partition coefficient (Wildman–Crippen LogP) is -2.76. The number of carboxylic acids is 1. The maximum absolute atomic E-state index is 15.8. The van der Waals surface area contributed by atoms with Crippen LogP contribution in [0.5, 0.6) is 0 Å². The number of hydrogen-bond donors (Lipinski definition) is 15. The van der Waals surface area contributed by atoms with Crippen molar-refractivity contribution in [2.75, 3.05) is 64.7 Å². The Balaban J connectivity index is 1.30. The third-order valence-corrected chi connectivity index (χ3v) is 23.6. The molecule has 1 saturated heterocycles. The van der Waals surface area contributed by atoms with Crippen LogP contribution in [0.25, 0.3) is 0 Å². The fourth-order valence-electron chi connectivity index (χ4n) is 13.7. The molecule has 10 bridgehead atoms. The maximum atomic E-state index is 15.8. The second kappa shape index (κ2) is 24.6. The number of nitrogens with one attached hydrogen (secondary N) is 4. The molecule has 3 aliphatic carbocycles. The summed E-state index contributed by atoms with van der Waals surface area (Å²) in [6.45, 7) is -2.11. The van der Waals surface area contributed by atoms with E-state index in [4.69, 9.17) is 40.1 Å². The minimum atomic E-state index is -3.18. The highest BCUT2D eigenvalue weighted by Gasteiger charge is 2.65.